The molecule has 0 saturated heterocycles. The second-order valence-electron chi connectivity index (χ2n) is 3.67. The number of amides is 1. The van der Waals surface area contributed by atoms with Gasteiger partial charge in [0.2, 0.25) is 0 Å². The summed E-state index contributed by atoms with van der Waals surface area (Å²) in [7, 11) is 0. The highest BCUT2D eigenvalue weighted by Crippen LogP contribution is 2.15. The standard InChI is InChI=1S/C11H12BrN5O/c12-7-3-9(10(13)16-4-7)11(18)15-2-1-8-5-14-6-17-8/h3-6H,1-2H2,(H2,13,16)(H,14,17)(H,15,18). The molecule has 0 aromatic carbocycles. The van der Waals surface area contributed by atoms with Crippen molar-refractivity contribution in [2.75, 3.05) is 12.3 Å². The average Bonchev–Trinajstić information content (AvgIpc) is 2.85. The number of nitrogen functional groups attached to an aromatic ring is 1. The molecule has 0 aliphatic carbocycles. The van der Waals surface area contributed by atoms with Crippen LogP contribution in [0, 0.1) is 0 Å². The third-order valence-corrected chi connectivity index (χ3v) is 2.80. The molecule has 6 nitrogen and oxygen atoms in total. The highest BCUT2D eigenvalue weighted by molar-refractivity contribution is 9.10. The topological polar surface area (TPSA) is 96.7 Å². The molecule has 94 valence electrons. The summed E-state index contributed by atoms with van der Waals surface area (Å²) >= 11 is 3.25. The first-order valence-corrected chi connectivity index (χ1v) is 6.12. The van der Waals surface area contributed by atoms with Gasteiger partial charge in [-0.1, -0.05) is 0 Å². The molecule has 0 saturated carbocycles. The number of hydrogen-bond donors (Lipinski definition) is 3. The Balaban J connectivity index is 1.93. The lowest BCUT2D eigenvalue weighted by Crippen LogP contribution is -2.26. The summed E-state index contributed by atoms with van der Waals surface area (Å²) in [5, 5.41) is 2.78. The Morgan fingerprint density at radius 1 is 1.50 bits per heavy atom. The summed E-state index contributed by atoms with van der Waals surface area (Å²) < 4.78 is 0.718. The van der Waals surface area contributed by atoms with Gasteiger partial charge in [0, 0.05) is 35.5 Å². The number of nitrogens with zero attached hydrogens (tertiary/aromatic N) is 2. The number of carbonyl (C=O) groups is 1. The van der Waals surface area contributed by atoms with E-state index in [9.17, 15) is 4.79 Å². The minimum Gasteiger partial charge on any atom is -0.383 e. The summed E-state index contributed by atoms with van der Waals surface area (Å²) in [6, 6.07) is 1.65. The van der Waals surface area contributed by atoms with Gasteiger partial charge in [0.05, 0.1) is 11.9 Å². The maximum Gasteiger partial charge on any atom is 0.255 e. The SMILES string of the molecule is Nc1ncc(Br)cc1C(=O)NCCc1cnc[nH]1. The fourth-order valence-corrected chi connectivity index (χ4v) is 1.79. The van der Waals surface area contributed by atoms with Crippen LogP contribution in [0.2, 0.25) is 0 Å². The van der Waals surface area contributed by atoms with Gasteiger partial charge in [-0.25, -0.2) is 9.97 Å². The smallest absolute Gasteiger partial charge is 0.255 e. The van der Waals surface area contributed by atoms with Crippen LogP contribution in [0.5, 0.6) is 0 Å². The van der Waals surface area contributed by atoms with E-state index in [4.69, 9.17) is 5.73 Å². The maximum atomic E-state index is 11.9. The van der Waals surface area contributed by atoms with Crippen LogP contribution in [-0.4, -0.2) is 27.4 Å². The lowest BCUT2D eigenvalue weighted by atomic mass is 10.2. The molecule has 0 radical (unpaired) electrons. The van der Waals surface area contributed by atoms with Gasteiger partial charge < -0.3 is 16.0 Å². The van der Waals surface area contributed by atoms with E-state index < -0.39 is 0 Å². The molecular weight excluding hydrogens is 298 g/mol. The van der Waals surface area contributed by atoms with E-state index in [1.807, 2.05) is 0 Å². The Kier molecular flexibility index (Phi) is 3.93. The number of aromatic amines is 1. The van der Waals surface area contributed by atoms with E-state index in [0.29, 0.717) is 18.5 Å². The van der Waals surface area contributed by atoms with Gasteiger partial charge in [0.25, 0.3) is 5.91 Å². The van der Waals surface area contributed by atoms with E-state index in [0.717, 1.165) is 10.2 Å². The number of aromatic nitrogens is 3. The van der Waals surface area contributed by atoms with Crippen LogP contribution in [0.3, 0.4) is 0 Å². The minimum absolute atomic E-state index is 0.220. The minimum atomic E-state index is -0.235. The average molecular weight is 310 g/mol. The largest absolute Gasteiger partial charge is 0.383 e. The molecule has 0 aliphatic rings. The van der Waals surface area contributed by atoms with Crippen LogP contribution >= 0.6 is 15.9 Å². The molecule has 0 spiro atoms. The van der Waals surface area contributed by atoms with Crippen molar-refractivity contribution >= 4 is 27.7 Å². The van der Waals surface area contributed by atoms with Gasteiger partial charge in [-0.15, -0.1) is 0 Å². The van der Waals surface area contributed by atoms with Crippen LogP contribution in [0.1, 0.15) is 16.1 Å². The number of nitrogens with one attached hydrogen (secondary N) is 2. The van der Waals surface area contributed by atoms with E-state index in [2.05, 4.69) is 36.2 Å². The zero-order valence-electron chi connectivity index (χ0n) is 9.48. The number of halogens is 1. The van der Waals surface area contributed by atoms with E-state index in [1.165, 1.54) is 0 Å². The Bertz CT molecular complexity index is 540. The number of hydrogen-bond acceptors (Lipinski definition) is 4. The van der Waals surface area contributed by atoms with Crippen molar-refractivity contribution in [2.24, 2.45) is 0 Å². The van der Waals surface area contributed by atoms with Crippen LogP contribution in [0.25, 0.3) is 0 Å². The predicted molar refractivity (Wildman–Crippen MR) is 71.0 cm³/mol. The lowest BCUT2D eigenvalue weighted by molar-refractivity contribution is 0.0954. The van der Waals surface area contributed by atoms with Crippen molar-refractivity contribution in [1.29, 1.82) is 0 Å². The fourth-order valence-electron chi connectivity index (χ4n) is 1.46. The van der Waals surface area contributed by atoms with Crippen molar-refractivity contribution in [3.8, 4) is 0 Å². The Morgan fingerprint density at radius 3 is 3.06 bits per heavy atom. The van der Waals surface area contributed by atoms with Crippen molar-refractivity contribution in [3.63, 3.8) is 0 Å². The second-order valence-corrected chi connectivity index (χ2v) is 4.58. The van der Waals surface area contributed by atoms with Gasteiger partial charge >= 0.3 is 0 Å². The molecule has 1 amide bonds. The molecule has 18 heavy (non-hydrogen) atoms. The molecule has 2 aromatic heterocycles. The number of pyridine rings is 1. The van der Waals surface area contributed by atoms with Crippen molar-refractivity contribution in [3.05, 3.63) is 40.5 Å². The first kappa shape index (κ1) is 12.6. The van der Waals surface area contributed by atoms with Gasteiger partial charge in [-0.3, -0.25) is 4.79 Å². The van der Waals surface area contributed by atoms with Crippen LogP contribution in [0.4, 0.5) is 5.82 Å². The Morgan fingerprint density at radius 2 is 2.33 bits per heavy atom. The highest BCUT2D eigenvalue weighted by atomic mass is 79.9. The predicted octanol–water partition coefficient (Wildman–Crippen LogP) is 1.12. The molecule has 2 aromatic rings. The molecule has 4 N–H and O–H groups in total. The lowest BCUT2D eigenvalue weighted by Gasteiger charge is -2.06. The van der Waals surface area contributed by atoms with Gasteiger partial charge in [-0.05, 0) is 22.0 Å². The van der Waals surface area contributed by atoms with Crippen LogP contribution < -0.4 is 11.1 Å². The Labute approximate surface area is 112 Å². The molecule has 0 bridgehead atoms. The molecule has 0 aliphatic heterocycles. The second kappa shape index (κ2) is 5.63. The first-order valence-electron chi connectivity index (χ1n) is 5.33. The van der Waals surface area contributed by atoms with E-state index in [-0.39, 0.29) is 11.7 Å². The fraction of sp³-hybridized carbons (Fsp3) is 0.182. The van der Waals surface area contributed by atoms with Crippen molar-refractivity contribution in [2.45, 2.75) is 6.42 Å². The van der Waals surface area contributed by atoms with Crippen LogP contribution in [0.15, 0.2) is 29.3 Å². The summed E-state index contributed by atoms with van der Waals surface area (Å²) in [5.74, 6) is -0.0157. The quantitative estimate of drug-likeness (QED) is 0.788. The number of anilines is 1. The molecule has 7 heteroatoms. The molecular formula is C11H12BrN5O. The summed E-state index contributed by atoms with van der Waals surface area (Å²) in [6.07, 6.45) is 5.57. The van der Waals surface area contributed by atoms with E-state index in [1.54, 1.807) is 24.8 Å². The van der Waals surface area contributed by atoms with Crippen molar-refractivity contribution < 1.29 is 4.79 Å². The third kappa shape index (κ3) is 3.07. The van der Waals surface area contributed by atoms with Gasteiger partial charge in [0.1, 0.15) is 5.82 Å². The summed E-state index contributed by atoms with van der Waals surface area (Å²) in [6.45, 7) is 0.507. The van der Waals surface area contributed by atoms with Crippen molar-refractivity contribution in [1.82, 2.24) is 20.3 Å². The molecule has 0 fully saturated rings. The zero-order chi connectivity index (χ0) is 13.0. The first-order chi connectivity index (χ1) is 8.66. The highest BCUT2D eigenvalue weighted by Gasteiger charge is 2.10. The van der Waals surface area contributed by atoms with Gasteiger partial charge in [0.15, 0.2) is 0 Å². The molecule has 2 rings (SSSR count). The summed E-state index contributed by atoms with van der Waals surface area (Å²) in [4.78, 5) is 22.6. The molecule has 0 unspecified atom stereocenters. The zero-order valence-corrected chi connectivity index (χ0v) is 11.1. The maximum absolute atomic E-state index is 11.9. The van der Waals surface area contributed by atoms with E-state index >= 15 is 0 Å². The third-order valence-electron chi connectivity index (χ3n) is 2.36. The Hall–Kier alpha value is -1.89. The number of carbonyl (C=O) groups excluding carboxylic acids is 1. The van der Waals surface area contributed by atoms with Gasteiger partial charge in [-0.2, -0.15) is 0 Å². The monoisotopic (exact) mass is 309 g/mol. The number of rotatable bonds is 4. The number of imidazole rings is 1. The number of H-pyrrole nitrogens is 1. The van der Waals surface area contributed by atoms with Crippen LogP contribution in [-0.2, 0) is 6.42 Å². The summed E-state index contributed by atoms with van der Waals surface area (Å²) in [5.41, 5.74) is 6.99. The number of nitrogens with two attached hydrogens (primary N) is 1. The molecule has 0 atom stereocenters. The molecule has 2 heterocycles. The normalized spacial score (nSPS) is 10.3.